The molecule has 3 rings (SSSR count). The number of H-pyrrole nitrogens is 1. The van der Waals surface area contributed by atoms with Crippen molar-refractivity contribution in [3.05, 3.63) is 70.3 Å². The zero-order valence-electron chi connectivity index (χ0n) is 12.2. The van der Waals surface area contributed by atoms with Crippen molar-refractivity contribution in [2.24, 2.45) is 0 Å². The quantitative estimate of drug-likeness (QED) is 0.736. The summed E-state index contributed by atoms with van der Waals surface area (Å²) in [6, 6.07) is 11.8. The van der Waals surface area contributed by atoms with Gasteiger partial charge in [0.1, 0.15) is 11.6 Å². The van der Waals surface area contributed by atoms with Crippen LogP contribution in [0.15, 0.2) is 53.6 Å². The van der Waals surface area contributed by atoms with Gasteiger partial charge < -0.3 is 14.3 Å². The molecular weight excluding hydrogens is 280 g/mol. The molecule has 0 radical (unpaired) electrons. The van der Waals surface area contributed by atoms with Gasteiger partial charge in [0, 0.05) is 29.9 Å². The second kappa shape index (κ2) is 5.89. The third-order valence-electron chi connectivity index (χ3n) is 3.74. The van der Waals surface area contributed by atoms with E-state index in [2.05, 4.69) is 4.98 Å². The van der Waals surface area contributed by atoms with E-state index in [4.69, 9.17) is 4.74 Å². The van der Waals surface area contributed by atoms with Crippen LogP contribution in [0.4, 0.5) is 0 Å². The molecule has 3 aromatic rings. The fourth-order valence-corrected chi connectivity index (χ4v) is 2.65. The molecule has 5 heteroatoms. The molecule has 0 fully saturated rings. The molecule has 0 saturated heterocycles. The number of carbonyl (C=O) groups is 1. The number of pyridine rings is 1. The van der Waals surface area contributed by atoms with E-state index in [0.717, 1.165) is 16.5 Å². The van der Waals surface area contributed by atoms with E-state index in [1.165, 1.54) is 0 Å². The van der Waals surface area contributed by atoms with E-state index in [0.29, 0.717) is 18.5 Å². The first-order chi connectivity index (χ1) is 10.7. The van der Waals surface area contributed by atoms with Gasteiger partial charge in [0.25, 0.3) is 12.0 Å². The Labute approximate surface area is 127 Å². The smallest absolute Gasteiger partial charge is 0.293 e. The first-order valence-corrected chi connectivity index (χ1v) is 7.04. The van der Waals surface area contributed by atoms with Crippen molar-refractivity contribution < 1.29 is 9.53 Å². The molecule has 1 aromatic carbocycles. The Kier molecular flexibility index (Phi) is 3.78. The lowest BCUT2D eigenvalue weighted by Gasteiger charge is -2.11. The number of ether oxygens (including phenoxy) is 1. The molecule has 1 unspecified atom stereocenters. The van der Waals surface area contributed by atoms with Crippen molar-refractivity contribution in [3.8, 4) is 0 Å². The number of aromatic nitrogens is 2. The van der Waals surface area contributed by atoms with Crippen LogP contribution in [0, 0.1) is 0 Å². The first kappa shape index (κ1) is 14.1. The molecule has 0 saturated carbocycles. The third-order valence-corrected chi connectivity index (χ3v) is 3.74. The summed E-state index contributed by atoms with van der Waals surface area (Å²) in [7, 11) is 0. The molecule has 0 amide bonds. The Balaban J connectivity index is 2.08. The van der Waals surface area contributed by atoms with Crippen molar-refractivity contribution >= 4 is 17.4 Å². The van der Waals surface area contributed by atoms with Gasteiger partial charge in [-0.3, -0.25) is 9.59 Å². The lowest BCUT2D eigenvalue weighted by Crippen LogP contribution is -2.13. The summed E-state index contributed by atoms with van der Waals surface area (Å²) in [5.74, 6) is 0. The minimum Gasteiger partial charge on any atom is -0.460 e. The maximum absolute atomic E-state index is 12.2. The molecule has 22 heavy (non-hydrogen) atoms. The Morgan fingerprint density at radius 2 is 2.05 bits per heavy atom. The number of hydrogen-bond donors (Lipinski definition) is 1. The van der Waals surface area contributed by atoms with Crippen molar-refractivity contribution in [1.29, 1.82) is 0 Å². The van der Waals surface area contributed by atoms with Crippen LogP contribution in [-0.2, 0) is 16.1 Å². The Hall–Kier alpha value is -2.82. The van der Waals surface area contributed by atoms with E-state index in [1.807, 2.05) is 47.2 Å². The number of fused-ring (bicyclic) bond motifs is 1. The molecule has 0 spiro atoms. The molecule has 0 aliphatic rings. The van der Waals surface area contributed by atoms with Crippen LogP contribution in [0.25, 0.3) is 10.9 Å². The number of carbonyl (C=O) groups excluding carboxylic acids is 1. The average Bonchev–Trinajstić information content (AvgIpc) is 2.93. The summed E-state index contributed by atoms with van der Waals surface area (Å²) in [6.07, 6.45) is 3.07. The van der Waals surface area contributed by atoms with Crippen molar-refractivity contribution in [2.75, 3.05) is 0 Å². The lowest BCUT2D eigenvalue weighted by atomic mass is 10.1. The monoisotopic (exact) mass is 296 g/mol. The largest absolute Gasteiger partial charge is 0.460 e. The molecule has 112 valence electrons. The van der Waals surface area contributed by atoms with Crippen LogP contribution < -0.4 is 5.56 Å². The van der Waals surface area contributed by atoms with Crippen LogP contribution in [0.2, 0.25) is 0 Å². The molecule has 0 bridgehead atoms. The maximum atomic E-state index is 12.2. The fourth-order valence-electron chi connectivity index (χ4n) is 2.65. The average molecular weight is 296 g/mol. The van der Waals surface area contributed by atoms with Crippen molar-refractivity contribution in [1.82, 2.24) is 9.55 Å². The van der Waals surface area contributed by atoms with E-state index in [1.54, 1.807) is 13.1 Å². The third kappa shape index (κ3) is 2.53. The van der Waals surface area contributed by atoms with Gasteiger partial charge in [-0.15, -0.1) is 0 Å². The number of aromatic amines is 1. The Morgan fingerprint density at radius 1 is 1.27 bits per heavy atom. The molecule has 0 aliphatic carbocycles. The molecule has 2 heterocycles. The van der Waals surface area contributed by atoms with Gasteiger partial charge in [-0.05, 0) is 18.6 Å². The second-order valence-corrected chi connectivity index (χ2v) is 5.14. The van der Waals surface area contributed by atoms with Crippen LogP contribution in [0.3, 0.4) is 0 Å². The van der Waals surface area contributed by atoms with Crippen LogP contribution >= 0.6 is 0 Å². The van der Waals surface area contributed by atoms with Gasteiger partial charge in [-0.25, -0.2) is 0 Å². The summed E-state index contributed by atoms with van der Waals surface area (Å²) in [6.45, 7) is 2.80. The SMILES string of the molecule is CC(OC=O)c1c[nH]c(=O)c2c1ccn2Cc1ccccc1. The summed E-state index contributed by atoms with van der Waals surface area (Å²) >= 11 is 0. The van der Waals surface area contributed by atoms with E-state index >= 15 is 0 Å². The van der Waals surface area contributed by atoms with Gasteiger partial charge in [-0.1, -0.05) is 30.3 Å². The zero-order chi connectivity index (χ0) is 15.5. The van der Waals surface area contributed by atoms with Crippen LogP contribution in [0.5, 0.6) is 0 Å². The fraction of sp³-hybridized carbons (Fsp3) is 0.176. The number of rotatable bonds is 5. The lowest BCUT2D eigenvalue weighted by molar-refractivity contribution is -0.133. The van der Waals surface area contributed by atoms with Crippen LogP contribution in [0.1, 0.15) is 24.2 Å². The highest BCUT2D eigenvalue weighted by Crippen LogP contribution is 2.24. The minimum absolute atomic E-state index is 0.155. The Bertz CT molecular complexity index is 849. The van der Waals surface area contributed by atoms with Gasteiger partial charge in [0.05, 0.1) is 0 Å². The highest BCUT2D eigenvalue weighted by molar-refractivity contribution is 5.83. The summed E-state index contributed by atoms with van der Waals surface area (Å²) in [5, 5.41) is 0.800. The standard InChI is InChI=1S/C17H16N2O3/c1-12(22-11-20)15-9-18-17(21)16-14(15)7-8-19(16)10-13-5-3-2-4-6-13/h2-9,11-12H,10H2,1H3,(H,18,21). The van der Waals surface area contributed by atoms with Crippen molar-refractivity contribution in [2.45, 2.75) is 19.6 Å². The van der Waals surface area contributed by atoms with Gasteiger partial charge >= 0.3 is 0 Å². The highest BCUT2D eigenvalue weighted by atomic mass is 16.5. The predicted molar refractivity (Wildman–Crippen MR) is 83.7 cm³/mol. The number of hydrogen-bond acceptors (Lipinski definition) is 3. The highest BCUT2D eigenvalue weighted by Gasteiger charge is 2.15. The number of nitrogens with one attached hydrogen (secondary N) is 1. The molecule has 5 nitrogen and oxygen atoms in total. The molecule has 1 N–H and O–H groups in total. The first-order valence-electron chi connectivity index (χ1n) is 7.04. The molecule has 1 atom stereocenters. The normalized spacial score (nSPS) is 12.2. The molecule has 2 aromatic heterocycles. The minimum atomic E-state index is -0.413. The maximum Gasteiger partial charge on any atom is 0.293 e. The summed E-state index contributed by atoms with van der Waals surface area (Å²) in [4.78, 5) is 25.5. The van der Waals surface area contributed by atoms with Gasteiger partial charge in [0.15, 0.2) is 0 Å². The Morgan fingerprint density at radius 3 is 2.77 bits per heavy atom. The predicted octanol–water partition coefficient (Wildman–Crippen LogP) is 2.61. The number of nitrogens with zero attached hydrogens (tertiary/aromatic N) is 1. The zero-order valence-corrected chi connectivity index (χ0v) is 12.2. The van der Waals surface area contributed by atoms with Crippen molar-refractivity contribution in [3.63, 3.8) is 0 Å². The number of benzene rings is 1. The van der Waals surface area contributed by atoms with E-state index in [-0.39, 0.29) is 5.56 Å². The second-order valence-electron chi connectivity index (χ2n) is 5.14. The van der Waals surface area contributed by atoms with E-state index in [9.17, 15) is 9.59 Å². The topological polar surface area (TPSA) is 64.1 Å². The summed E-state index contributed by atoms with van der Waals surface area (Å²) in [5.41, 5.74) is 2.33. The van der Waals surface area contributed by atoms with Gasteiger partial charge in [0.2, 0.25) is 0 Å². The summed E-state index contributed by atoms with van der Waals surface area (Å²) < 4.78 is 6.89. The van der Waals surface area contributed by atoms with Gasteiger partial charge in [-0.2, -0.15) is 0 Å². The van der Waals surface area contributed by atoms with Crippen LogP contribution in [-0.4, -0.2) is 16.0 Å². The van der Waals surface area contributed by atoms with E-state index < -0.39 is 6.10 Å². The molecular formula is C17H16N2O3. The molecule has 0 aliphatic heterocycles.